The van der Waals surface area contributed by atoms with E-state index in [9.17, 15) is 0 Å². The first-order valence-corrected chi connectivity index (χ1v) is 10.2. The van der Waals surface area contributed by atoms with Gasteiger partial charge in [0.1, 0.15) is 5.82 Å². The highest BCUT2D eigenvalue weighted by Crippen LogP contribution is 2.48. The van der Waals surface area contributed by atoms with Crippen molar-refractivity contribution in [1.29, 1.82) is 0 Å². The Morgan fingerprint density at radius 2 is 2.12 bits per heavy atom. The smallest absolute Gasteiger partial charge is 0.128 e. The van der Waals surface area contributed by atoms with Gasteiger partial charge in [0.25, 0.3) is 0 Å². The predicted molar refractivity (Wildman–Crippen MR) is 104 cm³/mol. The molecular formula is C21H33N3O2. The number of piperidine rings is 1. The topological polar surface area (TPSA) is 37.8 Å². The minimum Gasteiger partial charge on any atom is -0.384 e. The summed E-state index contributed by atoms with van der Waals surface area (Å²) in [4.78, 5) is 9.82. The molecule has 1 aliphatic carbocycles. The van der Waals surface area contributed by atoms with Crippen molar-refractivity contribution in [3.8, 4) is 0 Å². The molecule has 0 aromatic carbocycles. The van der Waals surface area contributed by atoms with Crippen LogP contribution in [0.2, 0.25) is 0 Å². The second-order valence-electron chi connectivity index (χ2n) is 8.47. The van der Waals surface area contributed by atoms with Crippen molar-refractivity contribution in [3.63, 3.8) is 0 Å². The fourth-order valence-electron chi connectivity index (χ4n) is 5.44. The Balaban J connectivity index is 1.49. The van der Waals surface area contributed by atoms with Gasteiger partial charge < -0.3 is 14.4 Å². The number of aromatic nitrogens is 1. The van der Waals surface area contributed by atoms with Gasteiger partial charge in [0.05, 0.1) is 19.8 Å². The normalized spacial score (nSPS) is 33.1. The summed E-state index contributed by atoms with van der Waals surface area (Å²) in [5.41, 5.74) is 1.57. The average Bonchev–Trinajstić information content (AvgIpc) is 2.68. The molecule has 0 unspecified atom stereocenters. The number of aryl methyl sites for hydroxylation is 1. The summed E-state index contributed by atoms with van der Waals surface area (Å²) < 4.78 is 11.3. The van der Waals surface area contributed by atoms with Crippen LogP contribution >= 0.6 is 0 Å². The van der Waals surface area contributed by atoms with Gasteiger partial charge in [0, 0.05) is 50.9 Å². The van der Waals surface area contributed by atoms with Gasteiger partial charge in [-0.15, -0.1) is 0 Å². The van der Waals surface area contributed by atoms with Crippen molar-refractivity contribution in [3.05, 3.63) is 23.9 Å². The van der Waals surface area contributed by atoms with Gasteiger partial charge in [-0.2, -0.15) is 0 Å². The molecule has 0 bridgehead atoms. The summed E-state index contributed by atoms with van der Waals surface area (Å²) in [5.74, 6) is 1.89. The zero-order valence-electron chi connectivity index (χ0n) is 16.3. The van der Waals surface area contributed by atoms with Crippen molar-refractivity contribution < 1.29 is 9.47 Å². The van der Waals surface area contributed by atoms with Gasteiger partial charge in [-0.05, 0) is 56.2 Å². The number of fused-ring (bicyclic) bond motifs is 1. The molecule has 5 nitrogen and oxygen atoms in total. The predicted octanol–water partition coefficient (Wildman–Crippen LogP) is 2.73. The minimum absolute atomic E-state index is 0.279. The van der Waals surface area contributed by atoms with E-state index in [1.54, 1.807) is 0 Å². The molecule has 1 saturated carbocycles. The van der Waals surface area contributed by atoms with E-state index in [0.717, 1.165) is 63.8 Å². The van der Waals surface area contributed by atoms with Crippen LogP contribution in [0.15, 0.2) is 18.3 Å². The van der Waals surface area contributed by atoms with Gasteiger partial charge in [0.15, 0.2) is 0 Å². The molecule has 0 N–H and O–H groups in total. The van der Waals surface area contributed by atoms with Crippen LogP contribution in [0, 0.1) is 18.3 Å². The third kappa shape index (κ3) is 3.62. The van der Waals surface area contributed by atoms with Gasteiger partial charge in [-0.1, -0.05) is 0 Å². The van der Waals surface area contributed by atoms with Crippen LogP contribution < -0.4 is 4.90 Å². The molecule has 144 valence electrons. The van der Waals surface area contributed by atoms with E-state index < -0.39 is 0 Å². The number of rotatable bonds is 4. The number of anilines is 1. The second-order valence-corrected chi connectivity index (χ2v) is 8.47. The number of pyridine rings is 1. The van der Waals surface area contributed by atoms with Gasteiger partial charge >= 0.3 is 0 Å². The number of methoxy groups -OCH3 is 1. The first kappa shape index (κ1) is 18.2. The van der Waals surface area contributed by atoms with Crippen LogP contribution in [0.3, 0.4) is 0 Å². The van der Waals surface area contributed by atoms with E-state index in [-0.39, 0.29) is 5.41 Å². The summed E-state index contributed by atoms with van der Waals surface area (Å²) >= 11 is 0. The maximum absolute atomic E-state index is 5.75. The lowest BCUT2D eigenvalue weighted by atomic mass is 9.62. The molecule has 1 aromatic rings. The van der Waals surface area contributed by atoms with Crippen LogP contribution in [0.5, 0.6) is 0 Å². The number of hydrogen-bond acceptors (Lipinski definition) is 5. The highest BCUT2D eigenvalue weighted by Gasteiger charge is 2.48. The van der Waals surface area contributed by atoms with Crippen LogP contribution in [0.4, 0.5) is 5.82 Å². The molecule has 3 atom stereocenters. The number of nitrogens with zero attached hydrogens (tertiary/aromatic N) is 3. The SMILES string of the molecule is COC[C@]12CC[C@H](N3CCOCC3)C[C@@H]1CCN(c1cc(C)ccn1)C2. The van der Waals surface area contributed by atoms with Crippen molar-refractivity contribution in [1.82, 2.24) is 9.88 Å². The van der Waals surface area contributed by atoms with Crippen molar-refractivity contribution in [2.75, 3.05) is 58.0 Å². The maximum Gasteiger partial charge on any atom is 0.128 e. The van der Waals surface area contributed by atoms with Crippen LogP contribution in [0.1, 0.15) is 31.2 Å². The summed E-state index contributed by atoms with van der Waals surface area (Å²) in [6.07, 6.45) is 7.05. The van der Waals surface area contributed by atoms with E-state index in [0.29, 0.717) is 0 Å². The van der Waals surface area contributed by atoms with E-state index in [1.807, 2.05) is 13.3 Å². The van der Waals surface area contributed by atoms with E-state index in [2.05, 4.69) is 33.8 Å². The molecule has 0 spiro atoms. The molecular weight excluding hydrogens is 326 g/mol. The third-order valence-corrected chi connectivity index (χ3v) is 6.87. The van der Waals surface area contributed by atoms with Crippen molar-refractivity contribution in [2.45, 2.75) is 38.6 Å². The molecule has 5 heteroatoms. The Labute approximate surface area is 157 Å². The van der Waals surface area contributed by atoms with Crippen molar-refractivity contribution in [2.24, 2.45) is 11.3 Å². The maximum atomic E-state index is 5.75. The van der Waals surface area contributed by atoms with Gasteiger partial charge in [-0.3, -0.25) is 4.90 Å². The Kier molecular flexibility index (Phi) is 5.48. The van der Waals surface area contributed by atoms with E-state index >= 15 is 0 Å². The standard InChI is InChI=1S/C21H33N3O2/c1-17-4-7-22-20(13-17)24-8-5-18-14-19(23-9-11-26-12-10-23)3-6-21(18,15-24)16-25-2/h4,7,13,18-19H,3,5-6,8-12,14-16H2,1-2H3/t18-,19-,21+/m0/s1. The molecule has 4 rings (SSSR count). The highest BCUT2D eigenvalue weighted by atomic mass is 16.5. The molecule has 1 aromatic heterocycles. The zero-order valence-corrected chi connectivity index (χ0v) is 16.3. The third-order valence-electron chi connectivity index (χ3n) is 6.87. The molecule has 3 heterocycles. The molecule has 0 radical (unpaired) electrons. The first-order valence-electron chi connectivity index (χ1n) is 10.2. The van der Waals surface area contributed by atoms with Crippen LogP contribution in [-0.2, 0) is 9.47 Å². The lowest BCUT2D eigenvalue weighted by Gasteiger charge is -2.54. The average molecular weight is 360 g/mol. The Hall–Kier alpha value is -1.17. The van der Waals surface area contributed by atoms with Crippen LogP contribution in [0.25, 0.3) is 0 Å². The minimum atomic E-state index is 0.279. The fraction of sp³-hybridized carbons (Fsp3) is 0.762. The Morgan fingerprint density at radius 1 is 1.27 bits per heavy atom. The number of morpholine rings is 1. The van der Waals surface area contributed by atoms with E-state index in [1.165, 1.54) is 31.2 Å². The fourth-order valence-corrected chi connectivity index (χ4v) is 5.44. The van der Waals surface area contributed by atoms with Gasteiger partial charge in [0.2, 0.25) is 0 Å². The number of hydrogen-bond donors (Lipinski definition) is 0. The summed E-state index contributed by atoms with van der Waals surface area (Å²) in [6, 6.07) is 5.03. The Morgan fingerprint density at radius 3 is 2.88 bits per heavy atom. The Bertz CT molecular complexity index is 605. The lowest BCUT2D eigenvalue weighted by molar-refractivity contribution is -0.0540. The largest absolute Gasteiger partial charge is 0.384 e. The monoisotopic (exact) mass is 359 g/mol. The van der Waals surface area contributed by atoms with Gasteiger partial charge in [-0.25, -0.2) is 4.98 Å². The summed E-state index contributed by atoms with van der Waals surface area (Å²) in [7, 11) is 1.86. The summed E-state index contributed by atoms with van der Waals surface area (Å²) in [6.45, 7) is 9.22. The second kappa shape index (κ2) is 7.83. The highest BCUT2D eigenvalue weighted by molar-refractivity contribution is 5.42. The molecule has 3 aliphatic rings. The van der Waals surface area contributed by atoms with Crippen LogP contribution in [-0.4, -0.2) is 69.0 Å². The quantitative estimate of drug-likeness (QED) is 0.826. The molecule has 3 fully saturated rings. The molecule has 0 amide bonds. The first-order chi connectivity index (χ1) is 12.7. The van der Waals surface area contributed by atoms with Crippen molar-refractivity contribution >= 4 is 5.82 Å². The van der Waals surface area contributed by atoms with E-state index in [4.69, 9.17) is 9.47 Å². The lowest BCUT2D eigenvalue weighted by Crippen LogP contribution is -2.57. The number of ether oxygens (including phenoxy) is 2. The molecule has 2 saturated heterocycles. The molecule has 2 aliphatic heterocycles. The summed E-state index contributed by atoms with van der Waals surface area (Å²) in [5, 5.41) is 0. The molecule has 26 heavy (non-hydrogen) atoms. The zero-order chi connectivity index (χ0) is 18.0.